The number of fused-ring (bicyclic) bond motifs is 1. The van der Waals surface area contributed by atoms with Crippen molar-refractivity contribution in [3.8, 4) is 0 Å². The number of nitrogens with zero attached hydrogens (tertiary/aromatic N) is 3. The third-order valence-corrected chi connectivity index (χ3v) is 4.17. The standard InChI is InChI=1S/C14H22N4S/c1-4-18(9-5-8-17(2)3)14-16-12-7-6-11(15)10-13(12)19-14/h6-7,10H,4-5,8-9,15H2,1-3H3. The molecule has 0 radical (unpaired) electrons. The van der Waals surface area contributed by atoms with Crippen molar-refractivity contribution in [2.45, 2.75) is 13.3 Å². The summed E-state index contributed by atoms with van der Waals surface area (Å²) >= 11 is 1.72. The minimum Gasteiger partial charge on any atom is -0.399 e. The van der Waals surface area contributed by atoms with Gasteiger partial charge in [-0.1, -0.05) is 11.3 Å². The lowest BCUT2D eigenvalue weighted by Crippen LogP contribution is -2.26. The maximum Gasteiger partial charge on any atom is 0.186 e. The van der Waals surface area contributed by atoms with Crippen molar-refractivity contribution in [1.82, 2.24) is 9.88 Å². The van der Waals surface area contributed by atoms with E-state index < -0.39 is 0 Å². The maximum atomic E-state index is 5.82. The first-order valence-electron chi connectivity index (χ1n) is 6.66. The summed E-state index contributed by atoms with van der Waals surface area (Å²) in [6.07, 6.45) is 1.15. The fraction of sp³-hybridized carbons (Fsp3) is 0.500. The highest BCUT2D eigenvalue weighted by Gasteiger charge is 2.10. The second-order valence-corrected chi connectivity index (χ2v) is 5.97. The molecule has 0 spiro atoms. The molecule has 0 saturated carbocycles. The van der Waals surface area contributed by atoms with Gasteiger partial charge in [-0.05, 0) is 52.2 Å². The van der Waals surface area contributed by atoms with E-state index in [0.717, 1.165) is 42.4 Å². The van der Waals surface area contributed by atoms with Gasteiger partial charge in [0, 0.05) is 18.8 Å². The summed E-state index contributed by atoms with van der Waals surface area (Å²) in [5.41, 5.74) is 7.66. The van der Waals surface area contributed by atoms with Crippen molar-refractivity contribution < 1.29 is 0 Å². The average Bonchev–Trinajstić information content (AvgIpc) is 2.76. The number of hydrogen-bond acceptors (Lipinski definition) is 5. The summed E-state index contributed by atoms with van der Waals surface area (Å²) in [7, 11) is 4.22. The van der Waals surface area contributed by atoms with Gasteiger partial charge in [-0.15, -0.1) is 0 Å². The molecule has 19 heavy (non-hydrogen) atoms. The van der Waals surface area contributed by atoms with Crippen molar-refractivity contribution in [2.75, 3.05) is 44.4 Å². The van der Waals surface area contributed by atoms with Gasteiger partial charge < -0.3 is 15.5 Å². The fourth-order valence-electron chi connectivity index (χ4n) is 2.03. The third-order valence-electron chi connectivity index (χ3n) is 3.09. The minimum absolute atomic E-state index is 0.804. The van der Waals surface area contributed by atoms with Gasteiger partial charge in [-0.25, -0.2) is 4.98 Å². The van der Waals surface area contributed by atoms with E-state index in [9.17, 15) is 0 Å². The van der Waals surface area contributed by atoms with Crippen molar-refractivity contribution >= 4 is 32.4 Å². The second kappa shape index (κ2) is 6.21. The first-order chi connectivity index (χ1) is 9.10. The quantitative estimate of drug-likeness (QED) is 0.825. The van der Waals surface area contributed by atoms with Gasteiger partial charge in [-0.2, -0.15) is 0 Å². The predicted molar refractivity (Wildman–Crippen MR) is 85.1 cm³/mol. The zero-order chi connectivity index (χ0) is 13.8. The smallest absolute Gasteiger partial charge is 0.186 e. The molecule has 0 aliphatic heterocycles. The number of thiazole rings is 1. The first kappa shape index (κ1) is 14.1. The largest absolute Gasteiger partial charge is 0.399 e. The monoisotopic (exact) mass is 278 g/mol. The van der Waals surface area contributed by atoms with E-state index in [1.54, 1.807) is 11.3 Å². The van der Waals surface area contributed by atoms with Crippen molar-refractivity contribution in [1.29, 1.82) is 0 Å². The SMILES string of the molecule is CCN(CCCN(C)C)c1nc2ccc(N)cc2s1. The maximum absolute atomic E-state index is 5.82. The fourth-order valence-corrected chi connectivity index (χ4v) is 3.13. The lowest BCUT2D eigenvalue weighted by molar-refractivity contribution is 0.400. The molecular formula is C14H22N4S. The molecular weight excluding hydrogens is 256 g/mol. The van der Waals surface area contributed by atoms with Crippen LogP contribution in [-0.2, 0) is 0 Å². The van der Waals surface area contributed by atoms with E-state index in [-0.39, 0.29) is 0 Å². The van der Waals surface area contributed by atoms with Crippen LogP contribution in [0.1, 0.15) is 13.3 Å². The van der Waals surface area contributed by atoms with Gasteiger partial charge in [0.15, 0.2) is 5.13 Å². The third kappa shape index (κ3) is 3.58. The molecule has 0 unspecified atom stereocenters. The molecule has 2 rings (SSSR count). The summed E-state index contributed by atoms with van der Waals surface area (Å²) < 4.78 is 1.17. The molecule has 0 saturated heterocycles. The molecule has 0 atom stereocenters. The molecule has 1 heterocycles. The van der Waals surface area contributed by atoms with E-state index in [0.29, 0.717) is 0 Å². The molecule has 2 N–H and O–H groups in total. The number of hydrogen-bond donors (Lipinski definition) is 1. The van der Waals surface area contributed by atoms with Gasteiger partial charge >= 0.3 is 0 Å². The number of nitrogen functional groups attached to an aromatic ring is 1. The van der Waals surface area contributed by atoms with Gasteiger partial charge in [0.1, 0.15) is 0 Å². The van der Waals surface area contributed by atoms with Crippen LogP contribution >= 0.6 is 11.3 Å². The Labute approximate surface area is 118 Å². The molecule has 0 bridgehead atoms. The predicted octanol–water partition coefficient (Wildman–Crippen LogP) is 2.66. The van der Waals surface area contributed by atoms with Gasteiger partial charge in [-0.3, -0.25) is 0 Å². The van der Waals surface area contributed by atoms with Crippen LogP contribution < -0.4 is 10.6 Å². The molecule has 104 valence electrons. The molecule has 2 aromatic rings. The van der Waals surface area contributed by atoms with E-state index in [4.69, 9.17) is 10.7 Å². The van der Waals surface area contributed by atoms with Crippen LogP contribution in [0, 0.1) is 0 Å². The topological polar surface area (TPSA) is 45.4 Å². The van der Waals surface area contributed by atoms with E-state index in [2.05, 4.69) is 30.8 Å². The highest BCUT2D eigenvalue weighted by atomic mass is 32.1. The second-order valence-electron chi connectivity index (χ2n) is 4.96. The molecule has 1 aromatic heterocycles. The zero-order valence-electron chi connectivity index (χ0n) is 11.9. The Balaban J connectivity index is 2.11. The van der Waals surface area contributed by atoms with Crippen molar-refractivity contribution in [3.63, 3.8) is 0 Å². The Morgan fingerprint density at radius 3 is 2.74 bits per heavy atom. The van der Waals surface area contributed by atoms with Crippen molar-refractivity contribution in [2.24, 2.45) is 0 Å². The van der Waals surface area contributed by atoms with Crippen molar-refractivity contribution in [3.05, 3.63) is 18.2 Å². The van der Waals surface area contributed by atoms with Crippen LogP contribution in [0.5, 0.6) is 0 Å². The van der Waals surface area contributed by atoms with E-state index in [1.165, 1.54) is 4.70 Å². The molecule has 0 aliphatic rings. The van der Waals surface area contributed by atoms with Gasteiger partial charge in [0.05, 0.1) is 10.2 Å². The normalized spacial score (nSPS) is 11.4. The number of nitrogens with two attached hydrogens (primary N) is 1. The highest BCUT2D eigenvalue weighted by molar-refractivity contribution is 7.22. The number of benzene rings is 1. The number of aromatic nitrogens is 1. The lowest BCUT2D eigenvalue weighted by atomic mass is 10.3. The summed E-state index contributed by atoms with van der Waals surface area (Å²) in [5, 5.41) is 1.10. The molecule has 1 aromatic carbocycles. The summed E-state index contributed by atoms with van der Waals surface area (Å²) in [6.45, 7) is 5.32. The van der Waals surface area contributed by atoms with Gasteiger partial charge in [0.25, 0.3) is 0 Å². The Bertz CT molecular complexity index is 535. The summed E-state index contributed by atoms with van der Waals surface area (Å²) in [4.78, 5) is 9.25. The van der Waals surface area contributed by atoms with Crippen LogP contribution in [0.15, 0.2) is 18.2 Å². The van der Waals surface area contributed by atoms with Crippen LogP contribution in [0.2, 0.25) is 0 Å². The molecule has 4 nitrogen and oxygen atoms in total. The highest BCUT2D eigenvalue weighted by Crippen LogP contribution is 2.30. The lowest BCUT2D eigenvalue weighted by Gasteiger charge is -2.20. The molecule has 0 aliphatic carbocycles. The number of anilines is 2. The van der Waals surface area contributed by atoms with Crippen LogP contribution in [-0.4, -0.2) is 43.6 Å². The first-order valence-corrected chi connectivity index (χ1v) is 7.47. The Kier molecular flexibility index (Phi) is 4.61. The van der Waals surface area contributed by atoms with E-state index in [1.807, 2.05) is 18.2 Å². The van der Waals surface area contributed by atoms with Crippen LogP contribution in [0.3, 0.4) is 0 Å². The Hall–Kier alpha value is -1.33. The summed E-state index contributed by atoms with van der Waals surface area (Å²) in [6, 6.07) is 5.91. The average molecular weight is 278 g/mol. The number of rotatable bonds is 6. The van der Waals surface area contributed by atoms with Crippen LogP contribution in [0.25, 0.3) is 10.2 Å². The van der Waals surface area contributed by atoms with E-state index >= 15 is 0 Å². The minimum atomic E-state index is 0.804. The zero-order valence-corrected chi connectivity index (χ0v) is 12.7. The summed E-state index contributed by atoms with van der Waals surface area (Å²) in [5.74, 6) is 0. The van der Waals surface area contributed by atoms with Crippen LogP contribution in [0.4, 0.5) is 10.8 Å². The molecule has 0 fully saturated rings. The molecule has 0 amide bonds. The Morgan fingerprint density at radius 2 is 2.05 bits per heavy atom. The van der Waals surface area contributed by atoms with Gasteiger partial charge in [0.2, 0.25) is 0 Å². The Morgan fingerprint density at radius 1 is 1.26 bits per heavy atom. The molecule has 5 heteroatoms.